The summed E-state index contributed by atoms with van der Waals surface area (Å²) in [5.74, 6) is -1.75. The van der Waals surface area contributed by atoms with E-state index in [1.165, 1.54) is 12.1 Å². The fourth-order valence-electron chi connectivity index (χ4n) is 1.20. The molecular weight excluding hydrogens is 241 g/mol. The minimum Gasteiger partial charge on any atom is -0.481 e. The van der Waals surface area contributed by atoms with Gasteiger partial charge in [-0.15, -0.1) is 13.2 Å². The number of rotatable bonds is 4. The Labute approximate surface area is 94.3 Å². The fourth-order valence-corrected chi connectivity index (χ4v) is 1.20. The molecule has 2 N–H and O–H groups in total. The Bertz CT molecular complexity index is 403. The molecule has 4 nitrogen and oxygen atoms in total. The predicted molar refractivity (Wildman–Crippen MR) is 50.3 cm³/mol. The zero-order valence-corrected chi connectivity index (χ0v) is 8.44. The summed E-state index contributed by atoms with van der Waals surface area (Å²) in [6.07, 6.45) is -6.78. The molecular formula is C10H9F3O4. The number of ether oxygens (including phenoxy) is 1. The maximum Gasteiger partial charge on any atom is 0.573 e. The van der Waals surface area contributed by atoms with Crippen LogP contribution in [0.25, 0.3) is 0 Å². The van der Waals surface area contributed by atoms with Crippen molar-refractivity contribution in [3.05, 3.63) is 29.8 Å². The van der Waals surface area contributed by atoms with Crippen LogP contribution < -0.4 is 4.74 Å². The van der Waals surface area contributed by atoms with Crippen molar-refractivity contribution in [3.8, 4) is 5.75 Å². The average molecular weight is 250 g/mol. The molecule has 1 aromatic rings. The van der Waals surface area contributed by atoms with Gasteiger partial charge in [0.25, 0.3) is 0 Å². The first-order valence-corrected chi connectivity index (χ1v) is 4.53. The molecule has 0 fully saturated rings. The summed E-state index contributed by atoms with van der Waals surface area (Å²) in [5.41, 5.74) is 0.0501. The van der Waals surface area contributed by atoms with Crippen LogP contribution in [-0.2, 0) is 4.79 Å². The van der Waals surface area contributed by atoms with Gasteiger partial charge in [0.2, 0.25) is 0 Å². The molecule has 0 aliphatic carbocycles. The van der Waals surface area contributed by atoms with Crippen molar-refractivity contribution in [2.75, 3.05) is 0 Å². The summed E-state index contributed by atoms with van der Waals surface area (Å²) in [6, 6.07) is 4.56. The van der Waals surface area contributed by atoms with Crippen LogP contribution in [0.4, 0.5) is 13.2 Å². The maximum absolute atomic E-state index is 11.9. The topological polar surface area (TPSA) is 66.8 Å². The van der Waals surface area contributed by atoms with Crippen LogP contribution in [0.1, 0.15) is 18.1 Å². The minimum absolute atomic E-state index is 0.0501. The molecule has 17 heavy (non-hydrogen) atoms. The van der Waals surface area contributed by atoms with Crippen LogP contribution >= 0.6 is 0 Å². The lowest BCUT2D eigenvalue weighted by molar-refractivity contribution is -0.274. The van der Waals surface area contributed by atoms with Gasteiger partial charge < -0.3 is 14.9 Å². The first kappa shape index (κ1) is 13.3. The van der Waals surface area contributed by atoms with E-state index in [9.17, 15) is 23.1 Å². The quantitative estimate of drug-likeness (QED) is 0.858. The van der Waals surface area contributed by atoms with Crippen molar-refractivity contribution >= 4 is 5.97 Å². The van der Waals surface area contributed by atoms with Gasteiger partial charge in [-0.2, -0.15) is 0 Å². The van der Waals surface area contributed by atoms with E-state index < -0.39 is 30.6 Å². The van der Waals surface area contributed by atoms with E-state index in [0.717, 1.165) is 12.1 Å². The molecule has 0 aromatic heterocycles. The number of benzene rings is 1. The molecule has 0 heterocycles. The van der Waals surface area contributed by atoms with E-state index in [2.05, 4.69) is 4.74 Å². The Hall–Kier alpha value is -1.76. The molecule has 0 saturated heterocycles. The molecule has 0 spiro atoms. The van der Waals surface area contributed by atoms with Crippen molar-refractivity contribution < 1.29 is 32.9 Å². The highest BCUT2D eigenvalue weighted by Gasteiger charge is 2.31. The van der Waals surface area contributed by atoms with Gasteiger partial charge in [0.05, 0.1) is 12.5 Å². The fraction of sp³-hybridized carbons (Fsp3) is 0.300. The molecule has 7 heteroatoms. The molecule has 1 atom stereocenters. The second-order valence-corrected chi connectivity index (χ2v) is 3.23. The second kappa shape index (κ2) is 5.05. The Morgan fingerprint density at radius 1 is 1.41 bits per heavy atom. The minimum atomic E-state index is -4.82. The molecule has 0 amide bonds. The summed E-state index contributed by atoms with van der Waals surface area (Å²) >= 11 is 0. The molecule has 0 aliphatic rings. The van der Waals surface area contributed by atoms with Gasteiger partial charge in [-0.25, -0.2) is 0 Å². The molecule has 1 unspecified atom stereocenters. The Balaban J connectivity index is 2.82. The third kappa shape index (κ3) is 4.73. The van der Waals surface area contributed by atoms with E-state index in [-0.39, 0.29) is 5.56 Å². The molecule has 1 rings (SSSR count). The number of carboxylic acids is 1. The lowest BCUT2D eigenvalue weighted by Gasteiger charge is -2.12. The van der Waals surface area contributed by atoms with E-state index >= 15 is 0 Å². The van der Waals surface area contributed by atoms with Crippen LogP contribution in [0, 0.1) is 0 Å². The normalized spacial score (nSPS) is 13.2. The van der Waals surface area contributed by atoms with Gasteiger partial charge in [-0.3, -0.25) is 4.79 Å². The van der Waals surface area contributed by atoms with E-state index in [0.29, 0.717) is 0 Å². The number of hydrogen-bond acceptors (Lipinski definition) is 3. The number of aliphatic hydroxyl groups is 1. The van der Waals surface area contributed by atoms with E-state index in [1.807, 2.05) is 0 Å². The van der Waals surface area contributed by atoms with E-state index in [4.69, 9.17) is 5.11 Å². The number of alkyl halides is 3. The number of carboxylic acid groups (broad SMARTS) is 1. The van der Waals surface area contributed by atoms with Crippen LogP contribution in [0.15, 0.2) is 24.3 Å². The SMILES string of the molecule is O=C(O)CC(O)c1cccc(OC(F)(F)F)c1. The first-order valence-electron chi connectivity index (χ1n) is 4.53. The number of carbonyl (C=O) groups is 1. The summed E-state index contributed by atoms with van der Waals surface area (Å²) in [5, 5.41) is 17.8. The lowest BCUT2D eigenvalue weighted by Crippen LogP contribution is -2.17. The molecule has 0 saturated carbocycles. The average Bonchev–Trinajstić information content (AvgIpc) is 2.14. The molecule has 0 radical (unpaired) electrons. The number of aliphatic carboxylic acids is 1. The standard InChI is InChI=1S/C10H9F3O4/c11-10(12,13)17-7-3-1-2-6(4-7)8(14)5-9(15)16/h1-4,8,14H,5H2,(H,15,16). The first-order chi connectivity index (χ1) is 7.78. The Kier molecular flexibility index (Phi) is 3.95. The smallest absolute Gasteiger partial charge is 0.481 e. The highest BCUT2D eigenvalue weighted by Crippen LogP contribution is 2.26. The van der Waals surface area contributed by atoms with Gasteiger partial charge in [-0.1, -0.05) is 12.1 Å². The van der Waals surface area contributed by atoms with Crippen LogP contribution in [0.2, 0.25) is 0 Å². The highest BCUT2D eigenvalue weighted by atomic mass is 19.4. The van der Waals surface area contributed by atoms with Crippen molar-refractivity contribution in [2.24, 2.45) is 0 Å². The predicted octanol–water partition coefficient (Wildman–Crippen LogP) is 2.09. The summed E-state index contributed by atoms with van der Waals surface area (Å²) in [6.45, 7) is 0. The number of halogens is 3. The molecule has 1 aromatic carbocycles. The summed E-state index contributed by atoms with van der Waals surface area (Å²) in [4.78, 5) is 10.3. The van der Waals surface area contributed by atoms with Gasteiger partial charge in [0.1, 0.15) is 5.75 Å². The van der Waals surface area contributed by atoms with Gasteiger partial charge in [0, 0.05) is 0 Å². The number of hydrogen-bond donors (Lipinski definition) is 2. The monoisotopic (exact) mass is 250 g/mol. The maximum atomic E-state index is 11.9. The van der Waals surface area contributed by atoms with Crippen LogP contribution in [-0.4, -0.2) is 22.5 Å². The Morgan fingerprint density at radius 3 is 2.59 bits per heavy atom. The van der Waals surface area contributed by atoms with Crippen molar-refractivity contribution in [1.82, 2.24) is 0 Å². The van der Waals surface area contributed by atoms with Crippen molar-refractivity contribution in [1.29, 1.82) is 0 Å². The van der Waals surface area contributed by atoms with Crippen LogP contribution in [0.3, 0.4) is 0 Å². The van der Waals surface area contributed by atoms with E-state index in [1.54, 1.807) is 0 Å². The Morgan fingerprint density at radius 2 is 2.06 bits per heavy atom. The second-order valence-electron chi connectivity index (χ2n) is 3.23. The summed E-state index contributed by atoms with van der Waals surface area (Å²) in [7, 11) is 0. The third-order valence-corrected chi connectivity index (χ3v) is 1.84. The van der Waals surface area contributed by atoms with Gasteiger partial charge in [-0.05, 0) is 17.7 Å². The molecule has 94 valence electrons. The highest BCUT2D eigenvalue weighted by molar-refractivity contribution is 5.67. The molecule has 0 bridgehead atoms. The van der Waals surface area contributed by atoms with Gasteiger partial charge in [0.15, 0.2) is 0 Å². The molecule has 0 aliphatic heterocycles. The van der Waals surface area contributed by atoms with Gasteiger partial charge >= 0.3 is 12.3 Å². The van der Waals surface area contributed by atoms with Crippen LogP contribution in [0.5, 0.6) is 5.75 Å². The van der Waals surface area contributed by atoms with Crippen molar-refractivity contribution in [2.45, 2.75) is 18.9 Å². The van der Waals surface area contributed by atoms with Crippen molar-refractivity contribution in [3.63, 3.8) is 0 Å². The third-order valence-electron chi connectivity index (χ3n) is 1.84. The zero-order chi connectivity index (χ0) is 13.1. The largest absolute Gasteiger partial charge is 0.573 e. The summed E-state index contributed by atoms with van der Waals surface area (Å²) < 4.78 is 39.4. The lowest BCUT2D eigenvalue weighted by atomic mass is 10.1. The number of aliphatic hydroxyl groups excluding tert-OH is 1. The zero-order valence-electron chi connectivity index (χ0n) is 8.44.